The second-order valence-corrected chi connectivity index (χ2v) is 7.93. The Morgan fingerprint density at radius 1 is 0.771 bits per heavy atom. The van der Waals surface area contributed by atoms with E-state index in [0.29, 0.717) is 17.0 Å². The standard InChI is InChI=1S/C28H25N5O2/c1-4-33-19-31-25-26(29-18-30-27(25)33)32-28(20-8-6-5-7-9-20,21-10-14-23(34-2)15-11-21)22-12-16-24(35-3)17-13-22/h4-19H,1H2,2-3H3,(H,29,30,32). The summed E-state index contributed by atoms with van der Waals surface area (Å²) in [6.07, 6.45) is 4.89. The maximum Gasteiger partial charge on any atom is 0.169 e. The fraction of sp³-hybridized carbons (Fsp3) is 0.107. The van der Waals surface area contributed by atoms with Gasteiger partial charge in [-0.3, -0.25) is 4.57 Å². The summed E-state index contributed by atoms with van der Waals surface area (Å²) in [6, 6.07) is 26.3. The number of hydrogen-bond donors (Lipinski definition) is 1. The van der Waals surface area contributed by atoms with Crippen molar-refractivity contribution in [3.63, 3.8) is 0 Å². The van der Waals surface area contributed by atoms with E-state index in [-0.39, 0.29) is 0 Å². The molecule has 0 aliphatic carbocycles. The highest BCUT2D eigenvalue weighted by Gasteiger charge is 2.37. The minimum Gasteiger partial charge on any atom is -0.497 e. The summed E-state index contributed by atoms with van der Waals surface area (Å²) < 4.78 is 12.6. The fourth-order valence-electron chi connectivity index (χ4n) is 4.34. The zero-order valence-corrected chi connectivity index (χ0v) is 19.6. The summed E-state index contributed by atoms with van der Waals surface area (Å²) in [4.78, 5) is 13.6. The molecular formula is C28H25N5O2. The molecule has 0 atom stereocenters. The van der Waals surface area contributed by atoms with Crippen LogP contribution in [-0.2, 0) is 5.54 Å². The van der Waals surface area contributed by atoms with Crippen LogP contribution in [0.1, 0.15) is 16.7 Å². The second-order valence-electron chi connectivity index (χ2n) is 7.93. The summed E-state index contributed by atoms with van der Waals surface area (Å²) in [6.45, 7) is 3.85. The normalized spacial score (nSPS) is 11.3. The van der Waals surface area contributed by atoms with Crippen LogP contribution in [0.4, 0.5) is 5.82 Å². The van der Waals surface area contributed by atoms with Gasteiger partial charge in [-0.25, -0.2) is 15.0 Å². The van der Waals surface area contributed by atoms with Gasteiger partial charge in [-0.2, -0.15) is 0 Å². The number of methoxy groups -OCH3 is 2. The van der Waals surface area contributed by atoms with Crippen molar-refractivity contribution in [3.8, 4) is 11.5 Å². The summed E-state index contributed by atoms with van der Waals surface area (Å²) >= 11 is 0. The molecule has 5 rings (SSSR count). The lowest BCUT2D eigenvalue weighted by Crippen LogP contribution is -2.38. The average molecular weight is 464 g/mol. The highest BCUT2D eigenvalue weighted by atomic mass is 16.5. The van der Waals surface area contributed by atoms with E-state index < -0.39 is 5.54 Å². The first kappa shape index (κ1) is 22.2. The molecular weight excluding hydrogens is 438 g/mol. The van der Waals surface area contributed by atoms with E-state index in [1.807, 2.05) is 42.5 Å². The van der Waals surface area contributed by atoms with Gasteiger partial charge in [0.2, 0.25) is 0 Å². The highest BCUT2D eigenvalue weighted by Crippen LogP contribution is 2.41. The first-order chi connectivity index (χ1) is 17.2. The van der Waals surface area contributed by atoms with Crippen LogP contribution < -0.4 is 14.8 Å². The summed E-state index contributed by atoms with van der Waals surface area (Å²) in [5.41, 5.74) is 3.55. The largest absolute Gasteiger partial charge is 0.497 e. The van der Waals surface area contributed by atoms with E-state index in [9.17, 15) is 0 Å². The molecule has 0 aliphatic rings. The van der Waals surface area contributed by atoms with Crippen molar-refractivity contribution in [2.45, 2.75) is 5.54 Å². The minimum atomic E-state index is -0.807. The van der Waals surface area contributed by atoms with E-state index in [1.54, 1.807) is 31.3 Å². The molecule has 0 spiro atoms. The fourth-order valence-corrected chi connectivity index (χ4v) is 4.34. The predicted octanol–water partition coefficient (Wildman–Crippen LogP) is 5.35. The van der Waals surface area contributed by atoms with Gasteiger partial charge in [-0.1, -0.05) is 61.2 Å². The second kappa shape index (κ2) is 9.30. The van der Waals surface area contributed by atoms with Crippen LogP contribution in [0.25, 0.3) is 17.4 Å². The van der Waals surface area contributed by atoms with E-state index in [1.165, 1.54) is 6.33 Å². The van der Waals surface area contributed by atoms with Crippen molar-refractivity contribution < 1.29 is 9.47 Å². The van der Waals surface area contributed by atoms with Crippen LogP contribution >= 0.6 is 0 Å². The number of rotatable bonds is 8. The Hall–Kier alpha value is -4.65. The lowest BCUT2D eigenvalue weighted by Gasteiger charge is -2.37. The molecule has 0 unspecified atom stereocenters. The Balaban J connectivity index is 1.80. The lowest BCUT2D eigenvalue weighted by atomic mass is 9.77. The predicted molar refractivity (Wildman–Crippen MR) is 138 cm³/mol. The number of benzene rings is 3. The molecule has 7 heteroatoms. The van der Waals surface area contributed by atoms with Gasteiger partial charge in [-0.05, 0) is 41.0 Å². The number of imidazole rings is 1. The van der Waals surface area contributed by atoms with Crippen LogP contribution in [0.3, 0.4) is 0 Å². The Morgan fingerprint density at radius 2 is 1.34 bits per heavy atom. The molecule has 35 heavy (non-hydrogen) atoms. The number of nitrogens with one attached hydrogen (secondary N) is 1. The van der Waals surface area contributed by atoms with Gasteiger partial charge in [-0.15, -0.1) is 0 Å². The van der Waals surface area contributed by atoms with Crippen LogP contribution in [0.2, 0.25) is 0 Å². The molecule has 5 aromatic rings. The SMILES string of the molecule is C=Cn1cnc2c(NC(c3ccccc3)(c3ccc(OC)cc3)c3ccc(OC)cc3)ncnc21. The summed E-state index contributed by atoms with van der Waals surface area (Å²) in [5, 5.41) is 3.75. The number of nitrogens with zero attached hydrogens (tertiary/aromatic N) is 4. The van der Waals surface area contributed by atoms with Crippen molar-refractivity contribution in [1.29, 1.82) is 0 Å². The number of aromatic nitrogens is 4. The number of hydrogen-bond acceptors (Lipinski definition) is 6. The van der Waals surface area contributed by atoms with Crippen LogP contribution in [0.5, 0.6) is 11.5 Å². The monoisotopic (exact) mass is 463 g/mol. The van der Waals surface area contributed by atoms with Crippen molar-refractivity contribution in [2.24, 2.45) is 0 Å². The Morgan fingerprint density at radius 3 is 1.89 bits per heavy atom. The van der Waals surface area contributed by atoms with Gasteiger partial charge in [0.05, 0.1) is 14.2 Å². The van der Waals surface area contributed by atoms with Gasteiger partial charge in [0.15, 0.2) is 17.0 Å². The van der Waals surface area contributed by atoms with E-state index in [0.717, 1.165) is 28.2 Å². The third kappa shape index (κ3) is 3.87. The molecule has 0 aliphatic heterocycles. The smallest absolute Gasteiger partial charge is 0.169 e. The average Bonchev–Trinajstić information content (AvgIpc) is 3.36. The topological polar surface area (TPSA) is 74.1 Å². The van der Waals surface area contributed by atoms with Crippen molar-refractivity contribution in [2.75, 3.05) is 19.5 Å². The first-order valence-electron chi connectivity index (χ1n) is 11.1. The maximum absolute atomic E-state index is 5.43. The highest BCUT2D eigenvalue weighted by molar-refractivity contribution is 5.85. The van der Waals surface area contributed by atoms with Crippen LogP contribution in [-0.4, -0.2) is 33.7 Å². The minimum absolute atomic E-state index is 0.603. The van der Waals surface area contributed by atoms with E-state index in [2.05, 4.69) is 63.2 Å². The lowest BCUT2D eigenvalue weighted by molar-refractivity contribution is 0.414. The molecule has 1 N–H and O–H groups in total. The molecule has 0 bridgehead atoms. The summed E-state index contributed by atoms with van der Waals surface area (Å²) in [7, 11) is 3.32. The molecule has 0 amide bonds. The maximum atomic E-state index is 5.43. The third-order valence-electron chi connectivity index (χ3n) is 6.11. The van der Waals surface area contributed by atoms with Gasteiger partial charge >= 0.3 is 0 Å². The van der Waals surface area contributed by atoms with E-state index in [4.69, 9.17) is 9.47 Å². The summed E-state index contributed by atoms with van der Waals surface area (Å²) in [5.74, 6) is 2.16. The van der Waals surface area contributed by atoms with Crippen molar-refractivity contribution >= 4 is 23.2 Å². The third-order valence-corrected chi connectivity index (χ3v) is 6.11. The molecule has 0 saturated heterocycles. The zero-order chi connectivity index (χ0) is 24.3. The number of anilines is 1. The zero-order valence-electron chi connectivity index (χ0n) is 19.6. The molecule has 2 aromatic heterocycles. The van der Waals surface area contributed by atoms with E-state index >= 15 is 0 Å². The van der Waals surface area contributed by atoms with Crippen molar-refractivity contribution in [3.05, 3.63) is 115 Å². The van der Waals surface area contributed by atoms with Gasteiger partial charge < -0.3 is 14.8 Å². The first-order valence-corrected chi connectivity index (χ1v) is 11.1. The molecule has 0 saturated carbocycles. The van der Waals surface area contributed by atoms with Crippen LogP contribution in [0, 0.1) is 0 Å². The van der Waals surface area contributed by atoms with Crippen LogP contribution in [0.15, 0.2) is 98.1 Å². The quantitative estimate of drug-likeness (QED) is 0.313. The number of fused-ring (bicyclic) bond motifs is 1. The Bertz CT molecular complexity index is 1400. The molecule has 0 fully saturated rings. The van der Waals surface area contributed by atoms with Gasteiger partial charge in [0.25, 0.3) is 0 Å². The molecule has 174 valence electrons. The van der Waals surface area contributed by atoms with Gasteiger partial charge in [0, 0.05) is 6.20 Å². The molecule has 0 radical (unpaired) electrons. The Labute approximate surface area is 203 Å². The number of ether oxygens (including phenoxy) is 2. The van der Waals surface area contributed by atoms with Gasteiger partial charge in [0.1, 0.15) is 29.7 Å². The molecule has 3 aromatic carbocycles. The molecule has 2 heterocycles. The molecule has 7 nitrogen and oxygen atoms in total. The Kier molecular flexibility index (Phi) is 5.89. The van der Waals surface area contributed by atoms with Crippen molar-refractivity contribution in [1.82, 2.24) is 19.5 Å².